The van der Waals surface area contributed by atoms with E-state index < -0.39 is 0 Å². The molecule has 146 valence electrons. The molecule has 0 aliphatic heterocycles. The molecule has 0 unspecified atom stereocenters. The van der Waals surface area contributed by atoms with E-state index in [0.29, 0.717) is 0 Å². The molecule has 2 aromatic carbocycles. The minimum atomic E-state index is 0. The number of hydrogen-bond acceptors (Lipinski definition) is 0. The smallest absolute Gasteiger partial charge is 0.245 e. The molecule has 2 heterocycles. The van der Waals surface area contributed by atoms with Crippen LogP contribution in [-0.4, -0.2) is 9.13 Å². The van der Waals surface area contributed by atoms with Crippen LogP contribution in [0.2, 0.25) is 0 Å². The average Bonchev–Trinajstić information content (AvgIpc) is 3.20. The van der Waals surface area contributed by atoms with Gasteiger partial charge in [0.15, 0.2) is 22.1 Å². The Kier molecular flexibility index (Phi) is 7.78. The molecule has 0 aliphatic carbocycles. The second kappa shape index (κ2) is 9.85. The van der Waals surface area contributed by atoms with Crippen molar-refractivity contribution in [3.8, 4) is 0 Å². The van der Waals surface area contributed by atoms with Crippen LogP contribution < -0.4 is 43.1 Å². The largest absolute Gasteiger partial charge is 1.00 e. The Morgan fingerprint density at radius 1 is 0.679 bits per heavy atom. The quantitative estimate of drug-likeness (QED) is 0.192. The van der Waals surface area contributed by atoms with Crippen molar-refractivity contribution in [2.45, 2.75) is 26.2 Å². The summed E-state index contributed by atoms with van der Waals surface area (Å²) in [5.41, 5.74) is 4.99. The minimum Gasteiger partial charge on any atom is -1.00 e. The van der Waals surface area contributed by atoms with Crippen LogP contribution in [0.4, 0.5) is 0 Å². The molecule has 0 bridgehead atoms. The molecule has 2 aromatic heterocycles. The highest BCUT2D eigenvalue weighted by molar-refractivity contribution is 5.72. The van der Waals surface area contributed by atoms with E-state index in [4.69, 9.17) is 0 Å². The lowest BCUT2D eigenvalue weighted by molar-refractivity contribution is -0.755. The summed E-state index contributed by atoms with van der Waals surface area (Å²) >= 11 is 0. The van der Waals surface area contributed by atoms with Gasteiger partial charge in [0.1, 0.15) is 26.2 Å². The van der Waals surface area contributed by atoms with E-state index in [-0.39, 0.29) is 34.0 Å². The third-order valence-corrected chi connectivity index (χ3v) is 4.79. The normalized spacial score (nSPS) is 10.4. The van der Waals surface area contributed by atoms with Gasteiger partial charge in [-0.05, 0) is 24.3 Å². The Balaban J connectivity index is 0.00000140. The standard InChI is InChI=1S/C22H24N4.2BrH/c1-3-13-23-17-25(21-11-7-5-9-19(21)23)15-16-26-18-24(14-4-2)20-10-6-8-12-22(20)26;;/h3-12,17-18H,1-2,13-16H2;2*1H/q+2;;/p-2. The first-order valence-corrected chi connectivity index (χ1v) is 8.98. The van der Waals surface area contributed by atoms with Crippen molar-refractivity contribution < 1.29 is 43.1 Å². The van der Waals surface area contributed by atoms with E-state index in [1.807, 2.05) is 12.2 Å². The number of benzene rings is 2. The van der Waals surface area contributed by atoms with E-state index >= 15 is 0 Å². The molecule has 0 amide bonds. The van der Waals surface area contributed by atoms with Crippen LogP contribution in [0.1, 0.15) is 0 Å². The summed E-state index contributed by atoms with van der Waals surface area (Å²) in [7, 11) is 0. The maximum absolute atomic E-state index is 3.87. The van der Waals surface area contributed by atoms with E-state index in [9.17, 15) is 0 Å². The van der Waals surface area contributed by atoms with E-state index in [1.54, 1.807) is 0 Å². The van der Waals surface area contributed by atoms with Gasteiger partial charge in [-0.15, -0.1) is 0 Å². The number of rotatable bonds is 7. The Bertz CT molecular complexity index is 1010. The molecule has 6 heteroatoms. The molecule has 4 aromatic rings. The van der Waals surface area contributed by atoms with Crippen molar-refractivity contribution in [3.05, 3.63) is 86.5 Å². The number of imidazole rings is 2. The molecular weight excluding hydrogens is 480 g/mol. The van der Waals surface area contributed by atoms with Gasteiger partial charge in [0, 0.05) is 0 Å². The maximum Gasteiger partial charge on any atom is 0.245 e. The van der Waals surface area contributed by atoms with Gasteiger partial charge in [0.2, 0.25) is 12.7 Å². The average molecular weight is 504 g/mol. The highest BCUT2D eigenvalue weighted by atomic mass is 79.9. The van der Waals surface area contributed by atoms with Gasteiger partial charge in [0.25, 0.3) is 0 Å². The zero-order valence-corrected chi connectivity index (χ0v) is 18.9. The molecule has 0 saturated carbocycles. The van der Waals surface area contributed by atoms with Crippen molar-refractivity contribution in [1.82, 2.24) is 9.13 Å². The molecule has 4 nitrogen and oxygen atoms in total. The molecule has 0 atom stereocenters. The van der Waals surface area contributed by atoms with Gasteiger partial charge in [-0.1, -0.05) is 49.6 Å². The van der Waals surface area contributed by atoms with Crippen molar-refractivity contribution in [2.24, 2.45) is 0 Å². The number of nitrogens with zero attached hydrogens (tertiary/aromatic N) is 4. The SMILES string of the molecule is C=CCn1c[n+](CC[n+]2cn(CC=C)c3ccccc32)c2ccccc21.[Br-].[Br-]. The fraction of sp³-hybridized carbons (Fsp3) is 0.182. The predicted octanol–water partition coefficient (Wildman–Crippen LogP) is -2.75. The molecule has 0 fully saturated rings. The third kappa shape index (κ3) is 4.13. The van der Waals surface area contributed by atoms with Crippen molar-refractivity contribution in [1.29, 1.82) is 0 Å². The van der Waals surface area contributed by atoms with Crippen LogP contribution >= 0.6 is 0 Å². The number of allylic oxidation sites excluding steroid dienone is 2. The monoisotopic (exact) mass is 502 g/mol. The lowest BCUT2D eigenvalue weighted by atomic mass is 10.3. The molecule has 4 rings (SSSR count). The van der Waals surface area contributed by atoms with E-state index in [2.05, 4.69) is 92.6 Å². The fourth-order valence-electron chi connectivity index (χ4n) is 3.63. The minimum absolute atomic E-state index is 0. The van der Waals surface area contributed by atoms with Crippen LogP contribution in [0.25, 0.3) is 22.1 Å². The Morgan fingerprint density at radius 3 is 1.46 bits per heavy atom. The lowest BCUT2D eigenvalue weighted by Gasteiger charge is -1.97. The maximum atomic E-state index is 3.87. The number of para-hydroxylation sites is 4. The first kappa shape index (κ1) is 22.1. The second-order valence-electron chi connectivity index (χ2n) is 6.48. The zero-order valence-electron chi connectivity index (χ0n) is 15.7. The number of halogens is 2. The summed E-state index contributed by atoms with van der Waals surface area (Å²) < 4.78 is 9.14. The van der Waals surface area contributed by atoms with Crippen LogP contribution in [0, 0.1) is 0 Å². The van der Waals surface area contributed by atoms with Crippen molar-refractivity contribution >= 4 is 22.1 Å². The lowest BCUT2D eigenvalue weighted by Crippen LogP contribution is -3.00. The van der Waals surface area contributed by atoms with Crippen LogP contribution in [0.15, 0.2) is 86.5 Å². The predicted molar refractivity (Wildman–Crippen MR) is 105 cm³/mol. The van der Waals surface area contributed by atoms with Gasteiger partial charge in [-0.25, -0.2) is 18.3 Å². The summed E-state index contributed by atoms with van der Waals surface area (Å²) in [6.07, 6.45) is 8.26. The highest BCUT2D eigenvalue weighted by Gasteiger charge is 2.18. The summed E-state index contributed by atoms with van der Waals surface area (Å²) in [6, 6.07) is 17.1. The zero-order chi connectivity index (χ0) is 17.9. The van der Waals surface area contributed by atoms with Gasteiger partial charge >= 0.3 is 0 Å². The van der Waals surface area contributed by atoms with Gasteiger partial charge in [0.05, 0.1) is 0 Å². The molecule has 0 aliphatic rings. The first-order chi connectivity index (χ1) is 12.8. The molecule has 0 spiro atoms. The Hall–Kier alpha value is -2.18. The van der Waals surface area contributed by atoms with Crippen LogP contribution in [-0.2, 0) is 26.2 Å². The highest BCUT2D eigenvalue weighted by Crippen LogP contribution is 2.12. The summed E-state index contributed by atoms with van der Waals surface area (Å²) in [5, 5.41) is 0. The van der Waals surface area contributed by atoms with Crippen molar-refractivity contribution in [3.63, 3.8) is 0 Å². The van der Waals surface area contributed by atoms with Gasteiger partial charge < -0.3 is 34.0 Å². The number of hydrogen-bond donors (Lipinski definition) is 0. The van der Waals surface area contributed by atoms with Gasteiger partial charge in [-0.2, -0.15) is 0 Å². The van der Waals surface area contributed by atoms with Crippen LogP contribution in [0.3, 0.4) is 0 Å². The number of aromatic nitrogens is 4. The fourth-order valence-corrected chi connectivity index (χ4v) is 3.63. The third-order valence-electron chi connectivity index (χ3n) is 4.79. The summed E-state index contributed by atoms with van der Waals surface area (Å²) in [6.45, 7) is 11.2. The van der Waals surface area contributed by atoms with E-state index in [0.717, 1.165) is 26.2 Å². The Morgan fingerprint density at radius 2 is 1.07 bits per heavy atom. The number of fused-ring (bicyclic) bond motifs is 2. The summed E-state index contributed by atoms with van der Waals surface area (Å²) in [5.74, 6) is 0. The van der Waals surface area contributed by atoms with Crippen molar-refractivity contribution in [2.75, 3.05) is 0 Å². The molecule has 0 saturated heterocycles. The second-order valence-corrected chi connectivity index (χ2v) is 6.48. The Labute approximate surface area is 186 Å². The topological polar surface area (TPSA) is 17.6 Å². The molecule has 0 N–H and O–H groups in total. The molecule has 28 heavy (non-hydrogen) atoms. The van der Waals surface area contributed by atoms with Gasteiger partial charge in [-0.3, -0.25) is 0 Å². The van der Waals surface area contributed by atoms with Crippen LogP contribution in [0.5, 0.6) is 0 Å². The first-order valence-electron chi connectivity index (χ1n) is 8.98. The molecular formula is C22H24Br2N4. The summed E-state index contributed by atoms with van der Waals surface area (Å²) in [4.78, 5) is 0. The van der Waals surface area contributed by atoms with E-state index in [1.165, 1.54) is 22.1 Å². The number of aryl methyl sites for hydroxylation is 2. The molecule has 0 radical (unpaired) electrons.